The predicted octanol–water partition coefficient (Wildman–Crippen LogP) is 0.818. The van der Waals surface area contributed by atoms with Crippen LogP contribution >= 0.6 is 0 Å². The standard InChI is InChI=1S/C13H12N2/c14-13(15)12-8-4-7-11(9-12)10-5-2-1-3-6-10/h1-9H,(H3,14,15)/p+1. The zero-order valence-corrected chi connectivity index (χ0v) is 8.35. The highest BCUT2D eigenvalue weighted by Gasteiger charge is 2.03. The second-order valence-electron chi connectivity index (χ2n) is 3.40. The van der Waals surface area contributed by atoms with Crippen molar-refractivity contribution in [1.29, 1.82) is 0 Å². The van der Waals surface area contributed by atoms with Crippen molar-refractivity contribution in [3.8, 4) is 11.1 Å². The first-order valence-corrected chi connectivity index (χ1v) is 4.81. The third-order valence-corrected chi connectivity index (χ3v) is 2.30. The van der Waals surface area contributed by atoms with E-state index in [0.29, 0.717) is 5.84 Å². The molecule has 2 heteroatoms. The zero-order chi connectivity index (χ0) is 10.7. The van der Waals surface area contributed by atoms with E-state index in [1.807, 2.05) is 42.5 Å². The van der Waals surface area contributed by atoms with Crippen molar-refractivity contribution in [2.45, 2.75) is 0 Å². The topological polar surface area (TPSA) is 51.6 Å². The fourth-order valence-electron chi connectivity index (χ4n) is 1.51. The van der Waals surface area contributed by atoms with Gasteiger partial charge in [-0.05, 0) is 23.3 Å². The fraction of sp³-hybridized carbons (Fsp3) is 0. The Bertz CT molecular complexity index is 475. The first-order valence-electron chi connectivity index (χ1n) is 4.81. The first kappa shape index (κ1) is 9.46. The van der Waals surface area contributed by atoms with Crippen molar-refractivity contribution >= 4 is 5.84 Å². The highest BCUT2D eigenvalue weighted by Crippen LogP contribution is 2.19. The molecule has 0 unspecified atom stereocenters. The van der Waals surface area contributed by atoms with E-state index in [-0.39, 0.29) is 0 Å². The molecule has 2 rings (SSSR count). The predicted molar refractivity (Wildman–Crippen MR) is 62.1 cm³/mol. The molecule has 0 saturated carbocycles. The molecule has 2 aromatic rings. The van der Waals surface area contributed by atoms with Gasteiger partial charge in [-0.1, -0.05) is 42.5 Å². The van der Waals surface area contributed by atoms with Gasteiger partial charge >= 0.3 is 0 Å². The highest BCUT2D eigenvalue weighted by molar-refractivity contribution is 5.93. The van der Waals surface area contributed by atoms with Crippen LogP contribution in [0.2, 0.25) is 0 Å². The molecule has 0 atom stereocenters. The van der Waals surface area contributed by atoms with Gasteiger partial charge in [-0.15, -0.1) is 0 Å². The normalized spacial score (nSPS) is 9.87. The Labute approximate surface area is 88.9 Å². The lowest BCUT2D eigenvalue weighted by Crippen LogP contribution is -2.46. The number of rotatable bonds is 2. The lowest BCUT2D eigenvalue weighted by atomic mass is 10.0. The highest BCUT2D eigenvalue weighted by atomic mass is 14.7. The van der Waals surface area contributed by atoms with E-state index in [9.17, 15) is 0 Å². The van der Waals surface area contributed by atoms with Crippen LogP contribution in [0.4, 0.5) is 0 Å². The van der Waals surface area contributed by atoms with E-state index in [0.717, 1.165) is 11.1 Å². The van der Waals surface area contributed by atoms with Crippen LogP contribution in [0.5, 0.6) is 0 Å². The average molecular weight is 197 g/mol. The van der Waals surface area contributed by atoms with Crippen molar-refractivity contribution in [3.05, 3.63) is 60.2 Å². The summed E-state index contributed by atoms with van der Waals surface area (Å²) < 4.78 is 0. The number of benzene rings is 2. The molecule has 15 heavy (non-hydrogen) atoms. The average Bonchev–Trinajstić information content (AvgIpc) is 2.30. The van der Waals surface area contributed by atoms with Crippen LogP contribution < -0.4 is 11.1 Å². The maximum Gasteiger partial charge on any atom is 0.270 e. The van der Waals surface area contributed by atoms with E-state index in [1.54, 1.807) is 0 Å². The maximum atomic E-state index is 5.56. The van der Waals surface area contributed by atoms with E-state index < -0.39 is 0 Å². The van der Waals surface area contributed by atoms with Gasteiger partial charge in [-0.3, -0.25) is 11.1 Å². The third-order valence-electron chi connectivity index (χ3n) is 2.30. The van der Waals surface area contributed by atoms with Gasteiger partial charge in [0.1, 0.15) is 0 Å². The smallest absolute Gasteiger partial charge is 0.270 e. The van der Waals surface area contributed by atoms with Crippen LogP contribution in [0, 0.1) is 0 Å². The summed E-state index contributed by atoms with van der Waals surface area (Å²) in [5, 5.41) is 5.56. The van der Waals surface area contributed by atoms with Crippen LogP contribution in [0.25, 0.3) is 11.1 Å². The van der Waals surface area contributed by atoms with E-state index in [4.69, 9.17) is 11.1 Å². The molecule has 0 bridgehead atoms. The van der Waals surface area contributed by atoms with E-state index in [1.165, 1.54) is 5.56 Å². The Balaban J connectivity index is 2.46. The van der Waals surface area contributed by atoms with Gasteiger partial charge in [-0.25, -0.2) is 0 Å². The molecule has 0 saturated heterocycles. The Morgan fingerprint density at radius 1 is 0.867 bits per heavy atom. The lowest BCUT2D eigenvalue weighted by molar-refractivity contribution is -0.114. The number of hydrogen-bond donors (Lipinski definition) is 2. The molecule has 0 fully saturated rings. The lowest BCUT2D eigenvalue weighted by Gasteiger charge is -2.02. The van der Waals surface area contributed by atoms with Crippen LogP contribution in [-0.4, -0.2) is 5.84 Å². The molecule has 2 nitrogen and oxygen atoms in total. The number of hydrogen-bond acceptors (Lipinski definition) is 0. The van der Waals surface area contributed by atoms with Gasteiger partial charge < -0.3 is 0 Å². The minimum atomic E-state index is 0.354. The van der Waals surface area contributed by atoms with Gasteiger partial charge in [0.2, 0.25) is 0 Å². The molecule has 4 N–H and O–H groups in total. The summed E-state index contributed by atoms with van der Waals surface area (Å²) >= 11 is 0. The zero-order valence-electron chi connectivity index (χ0n) is 8.35. The Morgan fingerprint density at radius 2 is 1.53 bits per heavy atom. The van der Waals surface area contributed by atoms with Gasteiger partial charge in [0, 0.05) is 0 Å². The summed E-state index contributed by atoms with van der Waals surface area (Å²) in [5.41, 5.74) is 8.72. The molecular formula is C13H13N2+. The molecular weight excluding hydrogens is 184 g/mol. The first-order chi connectivity index (χ1) is 7.27. The van der Waals surface area contributed by atoms with Gasteiger partial charge in [0.25, 0.3) is 5.84 Å². The molecule has 0 aliphatic carbocycles. The second kappa shape index (κ2) is 3.96. The van der Waals surface area contributed by atoms with Gasteiger partial charge in [-0.2, -0.15) is 0 Å². The minimum Gasteiger partial charge on any atom is -0.287 e. The van der Waals surface area contributed by atoms with Crippen LogP contribution in [0.3, 0.4) is 0 Å². The summed E-state index contributed by atoms with van der Waals surface area (Å²) in [6, 6.07) is 18.0. The summed E-state index contributed by atoms with van der Waals surface area (Å²) in [6.45, 7) is 0. The van der Waals surface area contributed by atoms with Crippen LogP contribution in [-0.2, 0) is 0 Å². The molecule has 74 valence electrons. The minimum absolute atomic E-state index is 0.354. The largest absolute Gasteiger partial charge is 0.287 e. The van der Waals surface area contributed by atoms with Gasteiger partial charge in [0.05, 0.1) is 5.56 Å². The molecule has 0 radical (unpaired) electrons. The quantitative estimate of drug-likeness (QED) is 0.543. The maximum absolute atomic E-state index is 5.56. The van der Waals surface area contributed by atoms with Crippen molar-refractivity contribution in [1.82, 2.24) is 0 Å². The van der Waals surface area contributed by atoms with E-state index >= 15 is 0 Å². The van der Waals surface area contributed by atoms with Gasteiger partial charge in [0.15, 0.2) is 0 Å². The molecule has 0 aliphatic rings. The summed E-state index contributed by atoms with van der Waals surface area (Å²) in [5.74, 6) is 0.354. The van der Waals surface area contributed by atoms with Crippen molar-refractivity contribution < 1.29 is 5.41 Å². The SMILES string of the molecule is NC(=[NH2+])c1cccc(-c2ccccc2)c1. The molecule has 0 heterocycles. The molecule has 0 spiro atoms. The van der Waals surface area contributed by atoms with Crippen molar-refractivity contribution in [3.63, 3.8) is 0 Å². The van der Waals surface area contributed by atoms with E-state index in [2.05, 4.69) is 12.1 Å². The van der Waals surface area contributed by atoms with Crippen LogP contribution in [0.1, 0.15) is 5.56 Å². The Kier molecular flexibility index (Phi) is 2.50. The number of nitrogens with two attached hydrogens (primary N) is 2. The fourth-order valence-corrected chi connectivity index (χ4v) is 1.51. The Hall–Kier alpha value is -2.09. The summed E-state index contributed by atoms with van der Waals surface area (Å²) in [7, 11) is 0. The molecule has 2 aromatic carbocycles. The summed E-state index contributed by atoms with van der Waals surface area (Å²) in [6.07, 6.45) is 0. The third kappa shape index (κ3) is 2.05. The van der Waals surface area contributed by atoms with Crippen molar-refractivity contribution in [2.75, 3.05) is 0 Å². The second-order valence-corrected chi connectivity index (χ2v) is 3.40. The molecule has 0 aliphatic heterocycles. The van der Waals surface area contributed by atoms with Crippen molar-refractivity contribution in [2.24, 2.45) is 5.73 Å². The molecule has 0 amide bonds. The number of amidine groups is 1. The summed E-state index contributed by atoms with van der Waals surface area (Å²) in [4.78, 5) is 0. The monoisotopic (exact) mass is 197 g/mol. The molecule has 0 aromatic heterocycles. The van der Waals surface area contributed by atoms with Crippen LogP contribution in [0.15, 0.2) is 54.6 Å². The Morgan fingerprint density at radius 3 is 2.20 bits per heavy atom.